The number of hydroxylamine groups is 2. The van der Waals surface area contributed by atoms with Gasteiger partial charge in [0, 0.05) is 39.6 Å². The third-order valence-corrected chi connectivity index (χ3v) is 14.5. The number of hydrazine groups is 2. The van der Waals surface area contributed by atoms with Gasteiger partial charge in [0.1, 0.15) is 30.3 Å². The van der Waals surface area contributed by atoms with Crippen LogP contribution in [0.5, 0.6) is 0 Å². The Bertz CT molecular complexity index is 2100. The van der Waals surface area contributed by atoms with E-state index < -0.39 is 126 Å². The summed E-state index contributed by atoms with van der Waals surface area (Å²) >= 11 is 0. The van der Waals surface area contributed by atoms with E-state index in [4.69, 9.17) is 14.2 Å². The summed E-state index contributed by atoms with van der Waals surface area (Å²) in [5.41, 5.74) is 4.01. The number of methoxy groups -OCH3 is 1. The highest BCUT2D eigenvalue weighted by atomic mass is 16.7. The Kier molecular flexibility index (Phi) is 21.3. The summed E-state index contributed by atoms with van der Waals surface area (Å²) < 4.78 is 17.5. The molecule has 412 valence electrons. The van der Waals surface area contributed by atoms with Crippen molar-refractivity contribution in [3.63, 3.8) is 0 Å². The second-order valence-corrected chi connectivity index (χ2v) is 21.1. The Hall–Kier alpha value is -4.88. The predicted molar refractivity (Wildman–Crippen MR) is 263 cm³/mol. The number of amides is 6. The number of likely N-dealkylation sites (N-methyl/N-ethyl adjacent to an activating group) is 1. The van der Waals surface area contributed by atoms with E-state index in [1.54, 1.807) is 39.8 Å². The van der Waals surface area contributed by atoms with E-state index in [-0.39, 0.29) is 74.3 Å². The number of ketones is 1. The summed E-state index contributed by atoms with van der Waals surface area (Å²) in [7, 11) is 2.54. The second-order valence-electron chi connectivity index (χ2n) is 21.1. The molecule has 0 spiro atoms. The van der Waals surface area contributed by atoms with Gasteiger partial charge in [0.15, 0.2) is 23.5 Å². The van der Waals surface area contributed by atoms with Crippen LogP contribution in [-0.4, -0.2) is 188 Å². The molecule has 0 aromatic rings. The van der Waals surface area contributed by atoms with Crippen LogP contribution in [0.25, 0.3) is 0 Å². The number of aliphatic hydroxyl groups excluding tert-OH is 1. The number of rotatable bonds is 13. The summed E-state index contributed by atoms with van der Waals surface area (Å²) in [5.74, 6) is -12.2. The number of nitrogens with zero attached hydrogens (tertiary/aromatic N) is 4. The monoisotopic (exact) mass is 1030 g/mol. The predicted octanol–water partition coefficient (Wildman–Crippen LogP) is 0.388. The van der Waals surface area contributed by atoms with Gasteiger partial charge in [-0.3, -0.25) is 48.8 Å². The van der Waals surface area contributed by atoms with E-state index in [9.17, 15) is 54.1 Å². The first kappa shape index (κ1) is 60.7. The summed E-state index contributed by atoms with van der Waals surface area (Å²) in [6.45, 7) is 17.3. The van der Waals surface area contributed by atoms with E-state index in [1.165, 1.54) is 34.9 Å². The SMILES string of the molecule is C/C=C(\C)C(=O)[C@@H](C)/C=C(\C)[C@H]1O[C@@](O)([C@@](C)(O)C(=O)N[C@@H]2C(=O)N3NCCC[C@@H]3C(=O)N(O)C(COC)C(=O)N(C)C(CC(C)C)C(=O)N3NCCC[C@H]3C(=O)NC([C@H](C)O)C(=O)O[C@H]2C(C)C)CC[C@@H]1C. The normalized spacial score (nSPS) is 31.9. The molecule has 4 heterocycles. The number of aliphatic hydroxyl groups is 3. The van der Waals surface area contributed by atoms with Gasteiger partial charge < -0.3 is 45.1 Å². The Morgan fingerprint density at radius 1 is 0.918 bits per heavy atom. The zero-order chi connectivity index (χ0) is 55.0. The number of esters is 1. The van der Waals surface area contributed by atoms with Crippen LogP contribution in [0, 0.1) is 23.7 Å². The topological polar surface area (TPSA) is 306 Å². The lowest BCUT2D eigenvalue weighted by Crippen LogP contribution is -2.70. The number of Topliss-reactive ketones (excluding diaryl/α,β-unsaturated/α-hetero) is 1. The van der Waals surface area contributed by atoms with Crippen LogP contribution in [0.2, 0.25) is 0 Å². The average molecular weight is 1040 g/mol. The molecule has 13 atom stereocenters. The van der Waals surface area contributed by atoms with Gasteiger partial charge in [-0.2, -0.15) is 0 Å². The molecule has 6 amide bonds. The molecular formula is C50H82N8O15. The third kappa shape index (κ3) is 13.7. The number of nitrogens with one attached hydrogen (secondary N) is 4. The summed E-state index contributed by atoms with van der Waals surface area (Å²) in [5, 5.41) is 54.3. The number of ether oxygens (including phenoxy) is 3. The average Bonchev–Trinajstić information content (AvgIpc) is 3.35. The van der Waals surface area contributed by atoms with Gasteiger partial charge in [0.05, 0.1) is 18.8 Å². The molecule has 8 N–H and O–H groups in total. The van der Waals surface area contributed by atoms with Crippen molar-refractivity contribution in [3.05, 3.63) is 23.3 Å². The summed E-state index contributed by atoms with van der Waals surface area (Å²) in [6, 6.07) is -9.78. The van der Waals surface area contributed by atoms with E-state index in [2.05, 4.69) is 21.5 Å². The number of carbonyl (C=O) groups is 8. The van der Waals surface area contributed by atoms with Gasteiger partial charge in [-0.1, -0.05) is 53.7 Å². The van der Waals surface area contributed by atoms with Crippen LogP contribution < -0.4 is 21.5 Å². The Labute approximate surface area is 428 Å². The maximum Gasteiger partial charge on any atom is 0.331 e. The molecule has 4 fully saturated rings. The molecule has 4 aliphatic rings. The van der Waals surface area contributed by atoms with Crippen molar-refractivity contribution in [2.45, 2.75) is 187 Å². The van der Waals surface area contributed by atoms with Crippen LogP contribution in [0.4, 0.5) is 0 Å². The molecule has 4 aliphatic heterocycles. The lowest BCUT2D eigenvalue weighted by Gasteiger charge is -2.48. The fourth-order valence-electron chi connectivity index (χ4n) is 9.79. The van der Waals surface area contributed by atoms with Crippen molar-refractivity contribution in [3.8, 4) is 0 Å². The first-order chi connectivity index (χ1) is 34.1. The van der Waals surface area contributed by atoms with Gasteiger partial charge in [0.25, 0.3) is 29.5 Å². The van der Waals surface area contributed by atoms with E-state index in [1.807, 2.05) is 20.8 Å². The van der Waals surface area contributed by atoms with Crippen molar-refractivity contribution in [1.82, 2.24) is 41.5 Å². The van der Waals surface area contributed by atoms with Crippen LogP contribution >= 0.6 is 0 Å². The Morgan fingerprint density at radius 3 is 2.05 bits per heavy atom. The first-order valence-electron chi connectivity index (χ1n) is 25.4. The molecule has 0 radical (unpaired) electrons. The summed E-state index contributed by atoms with van der Waals surface area (Å²) in [6.07, 6.45) is -0.194. The van der Waals surface area contributed by atoms with Gasteiger partial charge in [-0.25, -0.2) is 20.7 Å². The fraction of sp³-hybridized carbons (Fsp3) is 0.760. The van der Waals surface area contributed by atoms with Crippen molar-refractivity contribution in [1.29, 1.82) is 0 Å². The molecule has 0 saturated carbocycles. The van der Waals surface area contributed by atoms with Crippen molar-refractivity contribution in [2.24, 2.45) is 23.7 Å². The fourth-order valence-corrected chi connectivity index (χ4v) is 9.79. The Morgan fingerprint density at radius 2 is 1.51 bits per heavy atom. The lowest BCUT2D eigenvalue weighted by atomic mass is 9.80. The number of hydrogen-bond acceptors (Lipinski definition) is 17. The molecule has 23 nitrogen and oxygen atoms in total. The van der Waals surface area contributed by atoms with Crippen molar-refractivity contribution >= 4 is 47.2 Å². The quantitative estimate of drug-likeness (QED) is 0.0536. The molecule has 73 heavy (non-hydrogen) atoms. The molecule has 23 heteroatoms. The van der Waals surface area contributed by atoms with E-state index in [0.717, 1.165) is 21.8 Å². The third-order valence-electron chi connectivity index (χ3n) is 14.5. The maximum absolute atomic E-state index is 15.3. The second kappa shape index (κ2) is 25.6. The number of hydrogen-bond donors (Lipinski definition) is 8. The minimum absolute atomic E-state index is 0.0684. The van der Waals surface area contributed by atoms with Crippen LogP contribution in [0.1, 0.15) is 121 Å². The molecular weight excluding hydrogens is 953 g/mol. The first-order valence-corrected chi connectivity index (χ1v) is 25.4. The summed E-state index contributed by atoms with van der Waals surface area (Å²) in [4.78, 5) is 116. The minimum Gasteiger partial charge on any atom is -0.458 e. The largest absolute Gasteiger partial charge is 0.458 e. The highest BCUT2D eigenvalue weighted by Crippen LogP contribution is 2.41. The zero-order valence-corrected chi connectivity index (χ0v) is 44.8. The molecule has 4 saturated heterocycles. The highest BCUT2D eigenvalue weighted by molar-refractivity contribution is 5.98. The number of carbonyl (C=O) groups excluding carboxylic acids is 8. The van der Waals surface area contributed by atoms with Crippen LogP contribution in [0.15, 0.2) is 23.3 Å². The van der Waals surface area contributed by atoms with Gasteiger partial charge in [0.2, 0.25) is 11.7 Å². The number of cyclic esters (lactones) is 1. The van der Waals surface area contributed by atoms with Gasteiger partial charge in [-0.15, -0.1) is 0 Å². The standard InChI is InChI=1S/C50H82N8O15/c1-14-28(6)39(60)30(8)24-31(9)41-29(7)19-20-50(69,73-41)49(11,68)48(67)54-38-40(27(4)5)72-47(66)37(32(10)59)53-42(61)33-17-15-21-51-56(33)44(63)35(23-26(2)3)55(12)43(62)36(25-71-13)58(70)45(64)34-18-16-22-52-57(34)46(38)65/h14,24,26-27,29-30,32-38,40-41,51-52,59,68-70H,15-23,25H2,1-13H3,(H,53,61)(H,54,67)/b28-14+,31-24+/t29-,30-,32-,33-,34+,35?,36?,37?,38-,40-,41-,49-,50+/m0/s1. The number of allylic oxidation sites excluding steroid dienone is 3. The minimum atomic E-state index is -2.86. The molecule has 0 aromatic carbocycles. The van der Waals surface area contributed by atoms with Gasteiger partial charge in [-0.05, 0) is 102 Å². The van der Waals surface area contributed by atoms with E-state index >= 15 is 4.79 Å². The smallest absolute Gasteiger partial charge is 0.331 e. The van der Waals surface area contributed by atoms with Gasteiger partial charge >= 0.3 is 5.97 Å². The van der Waals surface area contributed by atoms with E-state index in [0.29, 0.717) is 17.6 Å². The maximum atomic E-state index is 15.3. The molecule has 4 rings (SSSR count). The molecule has 0 bridgehead atoms. The molecule has 0 aromatic heterocycles. The number of fused-ring (bicyclic) bond motifs is 2. The Balaban J connectivity index is 1.88. The zero-order valence-electron chi connectivity index (χ0n) is 44.8. The molecule has 0 aliphatic carbocycles. The van der Waals surface area contributed by atoms with Crippen molar-refractivity contribution < 1.29 is 73.1 Å². The molecule has 3 unspecified atom stereocenters. The van der Waals surface area contributed by atoms with Crippen LogP contribution in [0.3, 0.4) is 0 Å². The lowest BCUT2D eigenvalue weighted by molar-refractivity contribution is -0.321. The highest BCUT2D eigenvalue weighted by Gasteiger charge is 2.58. The van der Waals surface area contributed by atoms with Crippen molar-refractivity contribution in [2.75, 3.05) is 33.9 Å². The van der Waals surface area contributed by atoms with Crippen LogP contribution in [-0.2, 0) is 52.6 Å².